The van der Waals surface area contributed by atoms with E-state index in [1.54, 1.807) is 7.11 Å². The molecule has 0 spiro atoms. The van der Waals surface area contributed by atoms with Crippen molar-refractivity contribution in [3.05, 3.63) is 28.8 Å². The molecule has 1 N–H and O–H groups in total. The van der Waals surface area contributed by atoms with Gasteiger partial charge in [0, 0.05) is 25.6 Å². The highest BCUT2D eigenvalue weighted by molar-refractivity contribution is 6.32. The van der Waals surface area contributed by atoms with Gasteiger partial charge in [0.2, 0.25) is 0 Å². The molecule has 1 fully saturated rings. The van der Waals surface area contributed by atoms with Gasteiger partial charge in [0.15, 0.2) is 0 Å². The number of methoxy groups -OCH3 is 1. The van der Waals surface area contributed by atoms with Crippen molar-refractivity contribution < 1.29 is 9.47 Å². The van der Waals surface area contributed by atoms with Gasteiger partial charge in [-0.15, -0.1) is 0 Å². The van der Waals surface area contributed by atoms with Crippen LogP contribution in [-0.4, -0.2) is 25.9 Å². The first-order chi connectivity index (χ1) is 9.74. The van der Waals surface area contributed by atoms with Crippen molar-refractivity contribution in [3.63, 3.8) is 0 Å². The zero-order valence-corrected chi connectivity index (χ0v) is 13.1. The molecule has 1 aromatic carbocycles. The summed E-state index contributed by atoms with van der Waals surface area (Å²) in [4.78, 5) is 0. The Morgan fingerprint density at radius 3 is 2.85 bits per heavy atom. The minimum absolute atomic E-state index is 0.203. The van der Waals surface area contributed by atoms with Gasteiger partial charge in [-0.05, 0) is 31.9 Å². The normalized spacial score (nSPS) is 22.8. The van der Waals surface area contributed by atoms with E-state index in [0.717, 1.165) is 50.1 Å². The molecule has 3 nitrogen and oxygen atoms in total. The number of rotatable bonds is 6. The smallest absolute Gasteiger partial charge is 0.142 e. The fourth-order valence-electron chi connectivity index (χ4n) is 2.67. The fraction of sp³-hybridized carbons (Fsp3) is 0.625. The van der Waals surface area contributed by atoms with E-state index < -0.39 is 0 Å². The molecule has 0 saturated heterocycles. The molecule has 1 saturated carbocycles. The van der Waals surface area contributed by atoms with Crippen LogP contribution in [-0.2, 0) is 11.3 Å². The largest absolute Gasteiger partial charge is 0.488 e. The summed E-state index contributed by atoms with van der Waals surface area (Å²) >= 11 is 6.31. The van der Waals surface area contributed by atoms with E-state index in [1.807, 2.05) is 12.1 Å². The summed E-state index contributed by atoms with van der Waals surface area (Å²) < 4.78 is 11.7. The Kier molecular flexibility index (Phi) is 6.14. The third-order valence-electron chi connectivity index (χ3n) is 3.81. The van der Waals surface area contributed by atoms with Crippen LogP contribution >= 0.6 is 11.6 Å². The molecule has 2 rings (SSSR count). The highest BCUT2D eigenvalue weighted by Crippen LogP contribution is 2.33. The molecule has 0 aromatic heterocycles. The summed E-state index contributed by atoms with van der Waals surface area (Å²) in [6.07, 6.45) is 4.82. The summed E-state index contributed by atoms with van der Waals surface area (Å²) in [5.74, 6) is 0.830. The van der Waals surface area contributed by atoms with Gasteiger partial charge in [-0.2, -0.15) is 0 Å². The Morgan fingerprint density at radius 2 is 2.10 bits per heavy atom. The van der Waals surface area contributed by atoms with Gasteiger partial charge in [-0.1, -0.05) is 30.7 Å². The molecule has 2 unspecified atom stereocenters. The van der Waals surface area contributed by atoms with E-state index in [1.165, 1.54) is 0 Å². The molecule has 0 radical (unpaired) electrons. The highest BCUT2D eigenvalue weighted by atomic mass is 35.5. The number of hydrogen-bond acceptors (Lipinski definition) is 3. The number of ether oxygens (including phenoxy) is 2. The minimum atomic E-state index is 0.203. The quantitative estimate of drug-likeness (QED) is 0.866. The highest BCUT2D eigenvalue weighted by Gasteiger charge is 2.24. The van der Waals surface area contributed by atoms with Crippen LogP contribution in [0, 0.1) is 0 Å². The maximum atomic E-state index is 6.31. The minimum Gasteiger partial charge on any atom is -0.488 e. The van der Waals surface area contributed by atoms with E-state index >= 15 is 0 Å². The lowest BCUT2D eigenvalue weighted by atomic mass is 9.95. The maximum absolute atomic E-state index is 6.31. The first kappa shape index (κ1) is 15.6. The summed E-state index contributed by atoms with van der Waals surface area (Å²) in [7, 11) is 1.78. The average molecular weight is 298 g/mol. The number of nitrogens with one attached hydrogen (secondary N) is 1. The Balaban J connectivity index is 2.07. The molecule has 20 heavy (non-hydrogen) atoms. The first-order valence-electron chi connectivity index (χ1n) is 7.42. The van der Waals surface area contributed by atoms with E-state index in [9.17, 15) is 0 Å². The van der Waals surface area contributed by atoms with Crippen LogP contribution in [0.15, 0.2) is 18.2 Å². The van der Waals surface area contributed by atoms with Crippen LogP contribution in [0.4, 0.5) is 0 Å². The van der Waals surface area contributed by atoms with Gasteiger partial charge in [0.05, 0.1) is 11.1 Å². The van der Waals surface area contributed by atoms with E-state index in [4.69, 9.17) is 21.1 Å². The Hall–Kier alpha value is -0.770. The number of para-hydroxylation sites is 1. The molecule has 0 amide bonds. The Labute approximate surface area is 126 Å². The van der Waals surface area contributed by atoms with Crippen molar-refractivity contribution in [3.8, 4) is 5.75 Å². The van der Waals surface area contributed by atoms with Crippen LogP contribution < -0.4 is 10.1 Å². The molecule has 112 valence electrons. The molecule has 2 atom stereocenters. The van der Waals surface area contributed by atoms with Gasteiger partial charge >= 0.3 is 0 Å². The van der Waals surface area contributed by atoms with Crippen LogP contribution in [0.5, 0.6) is 5.75 Å². The van der Waals surface area contributed by atoms with E-state index in [-0.39, 0.29) is 6.10 Å². The lowest BCUT2D eigenvalue weighted by Gasteiger charge is -2.29. The van der Waals surface area contributed by atoms with Gasteiger partial charge in [0.1, 0.15) is 11.9 Å². The van der Waals surface area contributed by atoms with Crippen LogP contribution in [0.25, 0.3) is 0 Å². The third kappa shape index (κ3) is 4.11. The summed E-state index contributed by atoms with van der Waals surface area (Å²) in [6.45, 7) is 3.81. The number of benzene rings is 1. The molecule has 0 heterocycles. The predicted molar refractivity (Wildman–Crippen MR) is 82.5 cm³/mol. The van der Waals surface area contributed by atoms with Crippen molar-refractivity contribution in [2.75, 3.05) is 13.7 Å². The van der Waals surface area contributed by atoms with E-state index in [0.29, 0.717) is 11.1 Å². The van der Waals surface area contributed by atoms with Crippen molar-refractivity contribution in [1.82, 2.24) is 5.32 Å². The monoisotopic (exact) mass is 297 g/mol. The zero-order chi connectivity index (χ0) is 14.4. The number of halogens is 1. The molecule has 0 aliphatic heterocycles. The maximum Gasteiger partial charge on any atom is 0.142 e. The molecule has 1 aliphatic carbocycles. The SMILES string of the molecule is CCNCc1cccc(Cl)c1OC1CCCC(OC)C1. The van der Waals surface area contributed by atoms with Crippen molar-refractivity contribution in [2.24, 2.45) is 0 Å². The summed E-state index contributed by atoms with van der Waals surface area (Å²) in [6, 6.07) is 5.93. The second kappa shape index (κ2) is 7.87. The molecule has 4 heteroatoms. The second-order valence-corrected chi connectivity index (χ2v) is 5.68. The van der Waals surface area contributed by atoms with Crippen LogP contribution in [0.3, 0.4) is 0 Å². The molecule has 1 aliphatic rings. The van der Waals surface area contributed by atoms with Crippen molar-refractivity contribution >= 4 is 11.6 Å². The zero-order valence-electron chi connectivity index (χ0n) is 12.3. The molecule has 0 bridgehead atoms. The standard InChI is InChI=1S/C16H24ClNO2/c1-3-18-11-12-6-4-9-15(17)16(12)20-14-8-5-7-13(10-14)19-2/h4,6,9,13-14,18H,3,5,7-8,10-11H2,1-2H3. The summed E-state index contributed by atoms with van der Waals surface area (Å²) in [5.41, 5.74) is 1.12. The fourth-order valence-corrected chi connectivity index (χ4v) is 2.91. The van der Waals surface area contributed by atoms with Crippen LogP contribution in [0.1, 0.15) is 38.2 Å². The molecule has 1 aromatic rings. The topological polar surface area (TPSA) is 30.5 Å². The lowest BCUT2D eigenvalue weighted by Crippen LogP contribution is -2.30. The third-order valence-corrected chi connectivity index (χ3v) is 4.11. The Bertz CT molecular complexity index is 425. The number of hydrogen-bond donors (Lipinski definition) is 1. The van der Waals surface area contributed by atoms with E-state index in [2.05, 4.69) is 18.3 Å². The molecular weight excluding hydrogens is 274 g/mol. The van der Waals surface area contributed by atoms with Gasteiger partial charge < -0.3 is 14.8 Å². The predicted octanol–water partition coefficient (Wildman–Crippen LogP) is 3.79. The first-order valence-corrected chi connectivity index (χ1v) is 7.80. The van der Waals surface area contributed by atoms with Gasteiger partial charge in [-0.3, -0.25) is 0 Å². The lowest BCUT2D eigenvalue weighted by molar-refractivity contribution is 0.0207. The molecular formula is C16H24ClNO2. The van der Waals surface area contributed by atoms with Crippen molar-refractivity contribution in [2.45, 2.75) is 51.4 Å². The van der Waals surface area contributed by atoms with Crippen LogP contribution in [0.2, 0.25) is 5.02 Å². The van der Waals surface area contributed by atoms with Crippen molar-refractivity contribution in [1.29, 1.82) is 0 Å². The van der Waals surface area contributed by atoms with Gasteiger partial charge in [-0.25, -0.2) is 0 Å². The summed E-state index contributed by atoms with van der Waals surface area (Å²) in [5, 5.41) is 4.02. The average Bonchev–Trinajstić information content (AvgIpc) is 2.48. The second-order valence-electron chi connectivity index (χ2n) is 5.27. The van der Waals surface area contributed by atoms with Gasteiger partial charge in [0.25, 0.3) is 0 Å². The Morgan fingerprint density at radius 1 is 1.30 bits per heavy atom.